The number of urea groups is 1. The molecule has 1 unspecified atom stereocenters. The van der Waals surface area contributed by atoms with Gasteiger partial charge in [0.25, 0.3) is 0 Å². The van der Waals surface area contributed by atoms with Gasteiger partial charge in [-0.3, -0.25) is 0 Å². The van der Waals surface area contributed by atoms with Gasteiger partial charge in [0.15, 0.2) is 0 Å². The van der Waals surface area contributed by atoms with E-state index in [1.165, 1.54) is 44.1 Å². The van der Waals surface area contributed by atoms with Crippen molar-refractivity contribution in [2.45, 2.75) is 51.5 Å². The van der Waals surface area contributed by atoms with Crippen LogP contribution in [0.4, 0.5) is 4.79 Å². The molecule has 0 aliphatic heterocycles. The second kappa shape index (κ2) is 7.17. The molecular formula is C19H28N2O. The van der Waals surface area contributed by atoms with E-state index in [4.69, 9.17) is 0 Å². The molecule has 3 rings (SSSR count). The lowest BCUT2D eigenvalue weighted by molar-refractivity contribution is 0.188. The predicted molar refractivity (Wildman–Crippen MR) is 89.6 cm³/mol. The lowest BCUT2D eigenvalue weighted by Crippen LogP contribution is -2.44. The Morgan fingerprint density at radius 1 is 1.18 bits per heavy atom. The Morgan fingerprint density at radius 2 is 1.86 bits per heavy atom. The molecule has 0 saturated heterocycles. The summed E-state index contributed by atoms with van der Waals surface area (Å²) in [7, 11) is 0. The first kappa shape index (κ1) is 15.4. The third-order valence-electron chi connectivity index (χ3n) is 5.15. The van der Waals surface area contributed by atoms with Crippen molar-refractivity contribution in [2.24, 2.45) is 11.8 Å². The van der Waals surface area contributed by atoms with Gasteiger partial charge in [-0.15, -0.1) is 0 Å². The molecule has 0 aromatic heterocycles. The van der Waals surface area contributed by atoms with Crippen LogP contribution in [0.2, 0.25) is 0 Å². The number of carbonyl (C=O) groups is 1. The second-order valence-corrected chi connectivity index (χ2v) is 6.86. The maximum atomic E-state index is 12.7. The van der Waals surface area contributed by atoms with Crippen LogP contribution in [0.15, 0.2) is 30.3 Å². The highest BCUT2D eigenvalue weighted by molar-refractivity contribution is 5.74. The normalized spacial score (nSPS) is 19.9. The van der Waals surface area contributed by atoms with Gasteiger partial charge >= 0.3 is 6.03 Å². The zero-order chi connectivity index (χ0) is 15.4. The fraction of sp³-hybridized carbons (Fsp3) is 0.632. The van der Waals surface area contributed by atoms with Crippen molar-refractivity contribution < 1.29 is 4.79 Å². The van der Waals surface area contributed by atoms with Gasteiger partial charge in [0.1, 0.15) is 0 Å². The highest BCUT2D eigenvalue weighted by Crippen LogP contribution is 2.36. The van der Waals surface area contributed by atoms with E-state index in [2.05, 4.69) is 36.5 Å². The highest BCUT2D eigenvalue weighted by atomic mass is 16.2. The number of nitrogens with one attached hydrogen (secondary N) is 1. The fourth-order valence-electron chi connectivity index (χ4n) is 3.62. The zero-order valence-electron chi connectivity index (χ0n) is 13.6. The number of amides is 2. The molecule has 22 heavy (non-hydrogen) atoms. The summed E-state index contributed by atoms with van der Waals surface area (Å²) in [6, 6.07) is 10.8. The Hall–Kier alpha value is -1.51. The molecule has 0 spiro atoms. The topological polar surface area (TPSA) is 32.3 Å². The van der Waals surface area contributed by atoms with Crippen LogP contribution in [-0.4, -0.2) is 24.0 Å². The Labute approximate surface area is 134 Å². The number of hydrogen-bond donors (Lipinski definition) is 1. The molecule has 120 valence electrons. The Balaban J connectivity index is 1.69. The van der Waals surface area contributed by atoms with Crippen LogP contribution >= 0.6 is 0 Å². The molecule has 2 fully saturated rings. The van der Waals surface area contributed by atoms with Crippen molar-refractivity contribution in [2.75, 3.05) is 13.1 Å². The van der Waals surface area contributed by atoms with E-state index in [0.29, 0.717) is 5.92 Å². The summed E-state index contributed by atoms with van der Waals surface area (Å²) in [6.07, 6.45) is 7.62. The SMILES string of the molecule is CCN(CC1CC1)C(=O)NC(c1ccccc1)C1CCCC1. The van der Waals surface area contributed by atoms with Gasteiger partial charge in [0.2, 0.25) is 0 Å². The van der Waals surface area contributed by atoms with Crippen LogP contribution in [0.5, 0.6) is 0 Å². The summed E-state index contributed by atoms with van der Waals surface area (Å²) >= 11 is 0. The molecule has 3 nitrogen and oxygen atoms in total. The lowest BCUT2D eigenvalue weighted by Gasteiger charge is -2.29. The monoisotopic (exact) mass is 300 g/mol. The van der Waals surface area contributed by atoms with Gasteiger partial charge in [-0.25, -0.2) is 4.79 Å². The maximum absolute atomic E-state index is 12.7. The highest BCUT2D eigenvalue weighted by Gasteiger charge is 2.30. The van der Waals surface area contributed by atoms with Gasteiger partial charge in [0, 0.05) is 13.1 Å². The molecular weight excluding hydrogens is 272 g/mol. The van der Waals surface area contributed by atoms with E-state index in [-0.39, 0.29) is 12.1 Å². The van der Waals surface area contributed by atoms with Crippen LogP contribution in [0.1, 0.15) is 57.1 Å². The van der Waals surface area contributed by atoms with E-state index in [1.54, 1.807) is 0 Å². The van der Waals surface area contributed by atoms with Crippen LogP contribution < -0.4 is 5.32 Å². The van der Waals surface area contributed by atoms with Crippen molar-refractivity contribution in [1.29, 1.82) is 0 Å². The van der Waals surface area contributed by atoms with E-state index in [0.717, 1.165) is 19.0 Å². The largest absolute Gasteiger partial charge is 0.331 e. The number of rotatable bonds is 6. The van der Waals surface area contributed by atoms with Crippen LogP contribution in [0, 0.1) is 11.8 Å². The summed E-state index contributed by atoms with van der Waals surface area (Å²) in [5.74, 6) is 1.33. The smallest absolute Gasteiger partial charge is 0.317 e. The number of carbonyl (C=O) groups excluding carboxylic acids is 1. The first-order valence-electron chi connectivity index (χ1n) is 8.88. The van der Waals surface area contributed by atoms with E-state index in [1.807, 2.05) is 11.0 Å². The third-order valence-corrected chi connectivity index (χ3v) is 5.15. The second-order valence-electron chi connectivity index (χ2n) is 6.86. The standard InChI is InChI=1S/C19H28N2O/c1-2-21(14-15-12-13-15)19(22)20-18(17-10-6-7-11-17)16-8-4-3-5-9-16/h3-5,8-9,15,17-18H,2,6-7,10-14H2,1H3,(H,20,22). The molecule has 2 amide bonds. The molecule has 1 atom stereocenters. The summed E-state index contributed by atoms with van der Waals surface area (Å²) in [5, 5.41) is 3.35. The van der Waals surface area contributed by atoms with Crippen molar-refractivity contribution in [3.05, 3.63) is 35.9 Å². The fourth-order valence-corrected chi connectivity index (χ4v) is 3.62. The van der Waals surface area contributed by atoms with Gasteiger partial charge in [-0.1, -0.05) is 43.2 Å². The molecule has 2 aliphatic rings. The van der Waals surface area contributed by atoms with E-state index >= 15 is 0 Å². The molecule has 0 heterocycles. The average Bonchev–Trinajstić information content (AvgIpc) is 3.22. The summed E-state index contributed by atoms with van der Waals surface area (Å²) in [5.41, 5.74) is 1.25. The number of nitrogens with zero attached hydrogens (tertiary/aromatic N) is 1. The van der Waals surface area contributed by atoms with Crippen molar-refractivity contribution in [1.82, 2.24) is 10.2 Å². The van der Waals surface area contributed by atoms with Crippen molar-refractivity contribution in [3.63, 3.8) is 0 Å². The first-order valence-corrected chi connectivity index (χ1v) is 8.88. The summed E-state index contributed by atoms with van der Waals surface area (Å²) in [4.78, 5) is 14.7. The lowest BCUT2D eigenvalue weighted by atomic mass is 9.92. The average molecular weight is 300 g/mol. The van der Waals surface area contributed by atoms with Crippen molar-refractivity contribution in [3.8, 4) is 0 Å². The maximum Gasteiger partial charge on any atom is 0.317 e. The van der Waals surface area contributed by atoms with E-state index < -0.39 is 0 Å². The van der Waals surface area contributed by atoms with Gasteiger partial charge < -0.3 is 10.2 Å². The number of hydrogen-bond acceptors (Lipinski definition) is 1. The first-order chi connectivity index (χ1) is 10.8. The van der Waals surface area contributed by atoms with Gasteiger partial charge in [-0.05, 0) is 50.0 Å². The molecule has 0 bridgehead atoms. The Morgan fingerprint density at radius 3 is 2.45 bits per heavy atom. The molecule has 2 saturated carbocycles. The van der Waals surface area contributed by atoms with Crippen LogP contribution in [0.3, 0.4) is 0 Å². The van der Waals surface area contributed by atoms with Crippen LogP contribution in [0.25, 0.3) is 0 Å². The molecule has 2 aliphatic carbocycles. The Bertz CT molecular complexity index is 477. The molecule has 3 heteroatoms. The zero-order valence-corrected chi connectivity index (χ0v) is 13.6. The predicted octanol–water partition coefficient (Wildman–Crippen LogP) is 4.36. The minimum Gasteiger partial charge on any atom is -0.331 e. The molecule has 1 aromatic carbocycles. The molecule has 0 radical (unpaired) electrons. The third kappa shape index (κ3) is 3.82. The van der Waals surface area contributed by atoms with Gasteiger partial charge in [0.05, 0.1) is 6.04 Å². The minimum absolute atomic E-state index is 0.121. The quantitative estimate of drug-likeness (QED) is 0.832. The summed E-state index contributed by atoms with van der Waals surface area (Å²) in [6.45, 7) is 3.80. The van der Waals surface area contributed by atoms with Crippen molar-refractivity contribution >= 4 is 6.03 Å². The number of benzene rings is 1. The minimum atomic E-state index is 0.121. The summed E-state index contributed by atoms with van der Waals surface area (Å²) < 4.78 is 0. The molecule has 1 N–H and O–H groups in total. The molecule has 1 aromatic rings. The van der Waals surface area contributed by atoms with E-state index in [9.17, 15) is 4.79 Å². The van der Waals surface area contributed by atoms with Gasteiger partial charge in [-0.2, -0.15) is 0 Å². The Kier molecular flexibility index (Phi) is 5.01. The van der Waals surface area contributed by atoms with Crippen LogP contribution in [-0.2, 0) is 0 Å².